The average Bonchev–Trinajstić information content (AvgIpc) is 2.50. The third-order valence-electron chi connectivity index (χ3n) is 4.95. The quantitative estimate of drug-likeness (QED) is 0.742. The second kappa shape index (κ2) is 8.11. The van der Waals surface area contributed by atoms with Gasteiger partial charge in [-0.3, -0.25) is 14.6 Å². The van der Waals surface area contributed by atoms with Crippen molar-refractivity contribution in [1.82, 2.24) is 19.6 Å². The van der Waals surface area contributed by atoms with Gasteiger partial charge in [0.15, 0.2) is 0 Å². The molecule has 122 valence electrons. The zero-order valence-electron chi connectivity index (χ0n) is 14.1. The lowest BCUT2D eigenvalue weighted by Gasteiger charge is -2.39. The summed E-state index contributed by atoms with van der Waals surface area (Å²) in [6.07, 6.45) is 2.50. The Balaban J connectivity index is 1.70. The minimum Gasteiger partial charge on any atom is -0.339 e. The van der Waals surface area contributed by atoms with Gasteiger partial charge in [0, 0.05) is 58.4 Å². The largest absolute Gasteiger partial charge is 0.339 e. The van der Waals surface area contributed by atoms with Crippen molar-refractivity contribution in [3.63, 3.8) is 0 Å². The first-order valence-corrected chi connectivity index (χ1v) is 8.53. The number of nitrogens with zero attached hydrogens (tertiary/aromatic N) is 4. The van der Waals surface area contributed by atoms with E-state index in [1.54, 1.807) is 0 Å². The van der Waals surface area contributed by atoms with Crippen LogP contribution in [0.15, 0.2) is 0 Å². The molecule has 0 aromatic heterocycles. The van der Waals surface area contributed by atoms with Crippen molar-refractivity contribution in [3.8, 4) is 0 Å². The van der Waals surface area contributed by atoms with E-state index in [1.165, 1.54) is 12.8 Å². The van der Waals surface area contributed by atoms with E-state index in [0.29, 0.717) is 18.5 Å². The predicted octanol–water partition coefficient (Wildman–Crippen LogP) is 0.567. The first kappa shape index (κ1) is 16.7. The van der Waals surface area contributed by atoms with Gasteiger partial charge in [-0.05, 0) is 20.4 Å². The Kier molecular flexibility index (Phi) is 6.45. The highest BCUT2D eigenvalue weighted by atomic mass is 16.2. The van der Waals surface area contributed by atoms with Gasteiger partial charge in [0.2, 0.25) is 5.91 Å². The van der Waals surface area contributed by atoms with Gasteiger partial charge >= 0.3 is 0 Å². The summed E-state index contributed by atoms with van der Waals surface area (Å²) in [7, 11) is 2.15. The molecule has 0 radical (unpaired) electrons. The minimum absolute atomic E-state index is 0.322. The molecular weight excluding hydrogens is 264 g/mol. The van der Waals surface area contributed by atoms with Crippen molar-refractivity contribution in [3.05, 3.63) is 0 Å². The summed E-state index contributed by atoms with van der Waals surface area (Å²) in [6.45, 7) is 13.2. The van der Waals surface area contributed by atoms with Crippen LogP contribution in [-0.4, -0.2) is 97.5 Å². The van der Waals surface area contributed by atoms with Crippen LogP contribution >= 0.6 is 0 Å². The van der Waals surface area contributed by atoms with E-state index in [0.717, 1.165) is 52.4 Å². The van der Waals surface area contributed by atoms with Crippen LogP contribution in [0.25, 0.3) is 0 Å². The summed E-state index contributed by atoms with van der Waals surface area (Å²) < 4.78 is 0. The molecule has 1 atom stereocenters. The Morgan fingerprint density at radius 3 is 2.19 bits per heavy atom. The van der Waals surface area contributed by atoms with Crippen molar-refractivity contribution < 1.29 is 4.79 Å². The van der Waals surface area contributed by atoms with Gasteiger partial charge < -0.3 is 9.80 Å². The number of carbonyl (C=O) groups excluding carboxylic acids is 1. The second-order valence-electron chi connectivity index (χ2n) is 6.63. The Hall–Kier alpha value is -0.650. The van der Waals surface area contributed by atoms with Crippen LogP contribution in [0.3, 0.4) is 0 Å². The second-order valence-corrected chi connectivity index (χ2v) is 6.63. The molecule has 2 fully saturated rings. The highest BCUT2D eigenvalue weighted by Crippen LogP contribution is 2.11. The van der Waals surface area contributed by atoms with Gasteiger partial charge in [0.1, 0.15) is 0 Å². The zero-order chi connectivity index (χ0) is 15.2. The van der Waals surface area contributed by atoms with Crippen LogP contribution in [0.4, 0.5) is 0 Å². The van der Waals surface area contributed by atoms with Gasteiger partial charge in [0.05, 0.1) is 6.54 Å². The monoisotopic (exact) mass is 296 g/mol. The Morgan fingerprint density at radius 2 is 1.62 bits per heavy atom. The first-order chi connectivity index (χ1) is 10.1. The Morgan fingerprint density at radius 1 is 1.00 bits per heavy atom. The van der Waals surface area contributed by atoms with Crippen LogP contribution < -0.4 is 0 Å². The summed E-state index contributed by atoms with van der Waals surface area (Å²) in [5, 5.41) is 0. The average molecular weight is 296 g/mol. The van der Waals surface area contributed by atoms with Gasteiger partial charge in [0.25, 0.3) is 0 Å². The number of carbonyl (C=O) groups is 1. The minimum atomic E-state index is 0.322. The van der Waals surface area contributed by atoms with Crippen LogP contribution in [0.1, 0.15) is 26.7 Å². The molecule has 2 heterocycles. The molecular formula is C16H32N4O. The molecule has 1 unspecified atom stereocenters. The molecule has 0 aromatic carbocycles. The number of hydrogen-bond acceptors (Lipinski definition) is 4. The van der Waals surface area contributed by atoms with E-state index in [9.17, 15) is 4.79 Å². The maximum Gasteiger partial charge on any atom is 0.236 e. The number of rotatable bonds is 5. The summed E-state index contributed by atoms with van der Waals surface area (Å²) in [5.41, 5.74) is 0. The third-order valence-corrected chi connectivity index (χ3v) is 4.95. The van der Waals surface area contributed by atoms with Gasteiger partial charge in [-0.1, -0.05) is 13.3 Å². The normalized spacial score (nSPS) is 24.2. The van der Waals surface area contributed by atoms with Crippen molar-refractivity contribution in [1.29, 1.82) is 0 Å². The van der Waals surface area contributed by atoms with Gasteiger partial charge in [-0.15, -0.1) is 0 Å². The van der Waals surface area contributed by atoms with Crippen molar-refractivity contribution >= 4 is 5.91 Å². The molecule has 2 saturated heterocycles. The Labute approximate surface area is 129 Å². The molecule has 2 rings (SSSR count). The number of hydrogen-bond donors (Lipinski definition) is 0. The molecule has 0 aliphatic carbocycles. The Bertz CT molecular complexity index is 320. The van der Waals surface area contributed by atoms with E-state index in [2.05, 4.69) is 40.5 Å². The van der Waals surface area contributed by atoms with Crippen molar-refractivity contribution in [2.75, 3.05) is 66.0 Å². The van der Waals surface area contributed by atoms with E-state index in [-0.39, 0.29) is 0 Å². The lowest BCUT2D eigenvalue weighted by atomic mass is 10.1. The fraction of sp³-hybridized carbons (Fsp3) is 0.938. The van der Waals surface area contributed by atoms with E-state index in [1.807, 2.05) is 0 Å². The van der Waals surface area contributed by atoms with E-state index in [4.69, 9.17) is 0 Å². The fourth-order valence-corrected chi connectivity index (χ4v) is 3.31. The third kappa shape index (κ3) is 4.94. The van der Waals surface area contributed by atoms with Crippen molar-refractivity contribution in [2.45, 2.75) is 32.7 Å². The predicted molar refractivity (Wildman–Crippen MR) is 86.5 cm³/mol. The lowest BCUT2D eigenvalue weighted by molar-refractivity contribution is -0.134. The molecule has 0 spiro atoms. The highest BCUT2D eigenvalue weighted by molar-refractivity contribution is 5.78. The van der Waals surface area contributed by atoms with Crippen LogP contribution in [0, 0.1) is 0 Å². The summed E-state index contributed by atoms with van der Waals surface area (Å²) in [4.78, 5) is 21.6. The zero-order valence-corrected chi connectivity index (χ0v) is 14.1. The fourth-order valence-electron chi connectivity index (χ4n) is 3.31. The van der Waals surface area contributed by atoms with E-state index >= 15 is 0 Å². The topological polar surface area (TPSA) is 30.0 Å². The first-order valence-electron chi connectivity index (χ1n) is 8.53. The summed E-state index contributed by atoms with van der Waals surface area (Å²) in [5.74, 6) is 0.322. The molecule has 5 nitrogen and oxygen atoms in total. The number of amides is 1. The van der Waals surface area contributed by atoms with Crippen LogP contribution in [0.2, 0.25) is 0 Å². The molecule has 1 amide bonds. The van der Waals surface area contributed by atoms with Crippen LogP contribution in [-0.2, 0) is 4.79 Å². The van der Waals surface area contributed by atoms with Crippen LogP contribution in [0.5, 0.6) is 0 Å². The smallest absolute Gasteiger partial charge is 0.236 e. The molecule has 0 aromatic rings. The number of piperazine rings is 2. The molecule has 21 heavy (non-hydrogen) atoms. The van der Waals surface area contributed by atoms with Gasteiger partial charge in [-0.25, -0.2) is 0 Å². The summed E-state index contributed by atoms with van der Waals surface area (Å²) in [6, 6.07) is 0.657. The van der Waals surface area contributed by atoms with Gasteiger partial charge in [-0.2, -0.15) is 0 Å². The maximum absolute atomic E-state index is 12.4. The molecule has 2 aliphatic heterocycles. The molecule has 5 heteroatoms. The van der Waals surface area contributed by atoms with E-state index < -0.39 is 0 Å². The summed E-state index contributed by atoms with van der Waals surface area (Å²) >= 11 is 0. The SMILES string of the molecule is CCCC(C)N1CCN(C(=O)CN2CCN(C)CC2)CC1. The maximum atomic E-state index is 12.4. The molecule has 0 bridgehead atoms. The highest BCUT2D eigenvalue weighted by Gasteiger charge is 2.25. The number of likely N-dealkylation sites (N-methyl/N-ethyl adjacent to an activating group) is 1. The molecule has 0 N–H and O–H groups in total. The van der Waals surface area contributed by atoms with Crippen molar-refractivity contribution in [2.24, 2.45) is 0 Å². The standard InChI is InChI=1S/C16H32N4O/c1-4-5-15(2)19-10-12-20(13-11-19)16(21)14-18-8-6-17(3)7-9-18/h15H,4-14H2,1-3H3. The molecule has 0 saturated carbocycles. The lowest BCUT2D eigenvalue weighted by Crippen LogP contribution is -2.54. The molecule has 2 aliphatic rings.